The smallest absolute Gasteiger partial charge is 0.298 e. The van der Waals surface area contributed by atoms with Crippen molar-refractivity contribution in [1.82, 2.24) is 29.2 Å². The maximum atomic E-state index is 12.7. The van der Waals surface area contributed by atoms with Gasteiger partial charge in [0.05, 0.1) is 22.8 Å². The van der Waals surface area contributed by atoms with E-state index in [0.29, 0.717) is 30.0 Å². The number of carbonyl (C=O) groups excluding carboxylic acids is 2. The minimum Gasteiger partial charge on any atom is -0.369 e. The van der Waals surface area contributed by atoms with Crippen LogP contribution in [-0.4, -0.2) is 54.1 Å². The van der Waals surface area contributed by atoms with Crippen LogP contribution in [-0.2, 0) is 4.79 Å². The number of nitrogens with two attached hydrogens (primary N) is 1. The molecule has 1 aliphatic heterocycles. The first kappa shape index (κ1) is 24.4. The summed E-state index contributed by atoms with van der Waals surface area (Å²) < 4.78 is 1.76. The van der Waals surface area contributed by atoms with Crippen LogP contribution in [0.3, 0.4) is 0 Å². The van der Waals surface area contributed by atoms with E-state index in [1.165, 1.54) is 12.3 Å². The van der Waals surface area contributed by atoms with Gasteiger partial charge >= 0.3 is 0 Å². The van der Waals surface area contributed by atoms with E-state index < -0.39 is 5.91 Å². The van der Waals surface area contributed by atoms with Gasteiger partial charge < -0.3 is 16.0 Å². The SMILES string of the molecule is CC#CC(=O)N1CCCC(c2nc(-c3ccc(C(=O)Nc4cc(C#N)ccn4)nc3)n3c(N)nccc23)C1. The van der Waals surface area contributed by atoms with Crippen LogP contribution in [0.15, 0.2) is 48.9 Å². The Balaban J connectivity index is 1.45. The lowest BCUT2D eigenvalue weighted by Crippen LogP contribution is -2.38. The molecule has 0 saturated carbocycles. The molecule has 1 fully saturated rings. The Kier molecular flexibility index (Phi) is 6.66. The van der Waals surface area contributed by atoms with E-state index in [1.54, 1.807) is 46.8 Å². The van der Waals surface area contributed by atoms with Gasteiger partial charge in [-0.25, -0.2) is 15.0 Å². The second-order valence-corrected chi connectivity index (χ2v) is 8.74. The van der Waals surface area contributed by atoms with Crippen molar-refractivity contribution in [3.8, 4) is 29.3 Å². The summed E-state index contributed by atoms with van der Waals surface area (Å²) in [6.07, 6.45) is 6.34. The van der Waals surface area contributed by atoms with Gasteiger partial charge in [-0.2, -0.15) is 5.26 Å². The summed E-state index contributed by atoms with van der Waals surface area (Å²) in [5.41, 5.74) is 9.08. The number of carbonyl (C=O) groups is 2. The molecule has 2 amide bonds. The van der Waals surface area contributed by atoms with E-state index in [-0.39, 0.29) is 29.3 Å². The van der Waals surface area contributed by atoms with Crippen molar-refractivity contribution in [2.45, 2.75) is 25.7 Å². The first-order valence-electron chi connectivity index (χ1n) is 12.0. The second-order valence-electron chi connectivity index (χ2n) is 8.74. The number of nitriles is 1. The van der Waals surface area contributed by atoms with Crippen LogP contribution >= 0.6 is 0 Å². The third-order valence-electron chi connectivity index (χ3n) is 6.32. The lowest BCUT2D eigenvalue weighted by atomic mass is 9.94. The molecule has 1 saturated heterocycles. The number of amides is 2. The molecule has 3 N–H and O–H groups in total. The van der Waals surface area contributed by atoms with Crippen molar-refractivity contribution in [2.24, 2.45) is 0 Å². The number of pyridine rings is 2. The minimum atomic E-state index is -0.462. The number of nitrogens with zero attached hydrogens (tertiary/aromatic N) is 7. The number of aromatic nitrogens is 5. The highest BCUT2D eigenvalue weighted by Gasteiger charge is 2.29. The van der Waals surface area contributed by atoms with Crippen LogP contribution in [0, 0.1) is 23.2 Å². The van der Waals surface area contributed by atoms with Crippen LogP contribution < -0.4 is 11.1 Å². The van der Waals surface area contributed by atoms with Gasteiger partial charge in [-0.3, -0.25) is 19.0 Å². The summed E-state index contributed by atoms with van der Waals surface area (Å²) in [6, 6.07) is 10.2. The Morgan fingerprint density at radius 2 is 2.00 bits per heavy atom. The topological polar surface area (TPSA) is 155 Å². The molecule has 0 spiro atoms. The lowest BCUT2D eigenvalue weighted by Gasteiger charge is -2.30. The van der Waals surface area contributed by atoms with Crippen LogP contribution in [0.1, 0.15) is 47.4 Å². The first-order chi connectivity index (χ1) is 18.5. The first-order valence-corrected chi connectivity index (χ1v) is 12.0. The van der Waals surface area contributed by atoms with Crippen LogP contribution in [0.5, 0.6) is 0 Å². The average molecular weight is 506 g/mol. The molecule has 1 unspecified atom stereocenters. The van der Waals surface area contributed by atoms with Gasteiger partial charge in [0, 0.05) is 43.2 Å². The van der Waals surface area contributed by atoms with Gasteiger partial charge in [-0.1, -0.05) is 5.92 Å². The van der Waals surface area contributed by atoms with Crippen LogP contribution in [0.4, 0.5) is 11.8 Å². The van der Waals surface area contributed by atoms with E-state index in [4.69, 9.17) is 16.0 Å². The zero-order valence-electron chi connectivity index (χ0n) is 20.5. The molecule has 0 radical (unpaired) electrons. The molecule has 1 atom stereocenters. The monoisotopic (exact) mass is 505 g/mol. The molecule has 0 bridgehead atoms. The third kappa shape index (κ3) is 4.73. The van der Waals surface area contributed by atoms with Gasteiger partial charge in [-0.05, 0) is 56.0 Å². The predicted molar refractivity (Wildman–Crippen MR) is 140 cm³/mol. The zero-order chi connectivity index (χ0) is 26.6. The van der Waals surface area contributed by atoms with Crippen molar-refractivity contribution in [1.29, 1.82) is 5.26 Å². The molecule has 38 heavy (non-hydrogen) atoms. The fraction of sp³-hybridized carbons (Fsp3) is 0.222. The maximum Gasteiger partial charge on any atom is 0.298 e. The van der Waals surface area contributed by atoms with Crippen molar-refractivity contribution >= 4 is 29.1 Å². The second kappa shape index (κ2) is 10.4. The molecule has 5 rings (SSSR count). The van der Waals surface area contributed by atoms with E-state index in [2.05, 4.69) is 32.1 Å². The highest BCUT2D eigenvalue weighted by molar-refractivity contribution is 6.02. The minimum absolute atomic E-state index is 0.00610. The van der Waals surface area contributed by atoms with Crippen molar-refractivity contribution in [3.63, 3.8) is 0 Å². The summed E-state index contributed by atoms with van der Waals surface area (Å²) in [6.45, 7) is 2.83. The molecule has 0 aromatic carbocycles. The highest BCUT2D eigenvalue weighted by Crippen LogP contribution is 2.33. The normalized spacial score (nSPS) is 14.8. The number of fused-ring (bicyclic) bond motifs is 1. The molecular weight excluding hydrogens is 482 g/mol. The number of rotatable bonds is 4. The number of hydrogen-bond donors (Lipinski definition) is 2. The Morgan fingerprint density at radius 1 is 1.16 bits per heavy atom. The van der Waals surface area contributed by atoms with Gasteiger partial charge in [0.25, 0.3) is 11.8 Å². The number of anilines is 2. The van der Waals surface area contributed by atoms with Gasteiger partial charge in [0.2, 0.25) is 5.95 Å². The number of nitrogens with one attached hydrogen (secondary N) is 1. The fourth-order valence-corrected chi connectivity index (χ4v) is 4.56. The Hall–Kier alpha value is -5.29. The molecule has 11 heteroatoms. The number of imidazole rings is 1. The number of hydrogen-bond acceptors (Lipinski definition) is 8. The molecule has 5 heterocycles. The largest absolute Gasteiger partial charge is 0.369 e. The maximum absolute atomic E-state index is 12.7. The lowest BCUT2D eigenvalue weighted by molar-refractivity contribution is -0.126. The zero-order valence-corrected chi connectivity index (χ0v) is 20.5. The van der Waals surface area contributed by atoms with Gasteiger partial charge in [0.1, 0.15) is 17.3 Å². The standard InChI is InChI=1S/C27H23N9O2/c1-2-4-23(37)35-12-3-5-19(16-35)24-21-9-11-31-27(29)36(21)25(34-24)18-6-7-20(32-15-18)26(38)33-22-13-17(14-28)8-10-30-22/h6-11,13,15,19H,3,5,12,16H2,1H3,(H2,29,31)(H,30,33,38). The van der Waals surface area contributed by atoms with Crippen LogP contribution in [0.25, 0.3) is 16.9 Å². The molecule has 4 aromatic rings. The molecule has 188 valence electrons. The Morgan fingerprint density at radius 3 is 2.76 bits per heavy atom. The molecular formula is C27H23N9O2. The molecule has 0 aliphatic carbocycles. The van der Waals surface area contributed by atoms with E-state index in [1.807, 2.05) is 12.1 Å². The van der Waals surface area contributed by atoms with Crippen LogP contribution in [0.2, 0.25) is 0 Å². The molecule has 11 nitrogen and oxygen atoms in total. The van der Waals surface area contributed by atoms with E-state index in [0.717, 1.165) is 24.1 Å². The average Bonchev–Trinajstić information content (AvgIpc) is 3.34. The quantitative estimate of drug-likeness (QED) is 0.401. The van der Waals surface area contributed by atoms with E-state index in [9.17, 15) is 9.59 Å². The Bertz CT molecular complexity index is 1640. The summed E-state index contributed by atoms with van der Waals surface area (Å²) in [5.74, 6) is 5.72. The molecule has 4 aromatic heterocycles. The predicted octanol–water partition coefficient (Wildman–Crippen LogP) is 2.62. The summed E-state index contributed by atoms with van der Waals surface area (Å²) in [4.78, 5) is 44.4. The summed E-state index contributed by atoms with van der Waals surface area (Å²) in [5, 5.41) is 11.7. The van der Waals surface area contributed by atoms with Crippen molar-refractivity contribution < 1.29 is 9.59 Å². The fourth-order valence-electron chi connectivity index (χ4n) is 4.56. The highest BCUT2D eigenvalue weighted by atomic mass is 16.2. The number of piperidine rings is 1. The van der Waals surface area contributed by atoms with Gasteiger partial charge in [-0.15, -0.1) is 0 Å². The number of nitrogen functional groups attached to an aromatic ring is 1. The van der Waals surface area contributed by atoms with Gasteiger partial charge in [0.15, 0.2) is 0 Å². The summed E-state index contributed by atoms with van der Waals surface area (Å²) in [7, 11) is 0. The summed E-state index contributed by atoms with van der Waals surface area (Å²) >= 11 is 0. The van der Waals surface area contributed by atoms with Crippen molar-refractivity contribution in [3.05, 3.63) is 65.9 Å². The Labute approximate surface area is 218 Å². The number of likely N-dealkylation sites (tertiary alicyclic amines) is 1. The van der Waals surface area contributed by atoms with E-state index >= 15 is 0 Å². The molecule has 1 aliphatic rings. The third-order valence-corrected chi connectivity index (χ3v) is 6.32. The van der Waals surface area contributed by atoms with Crippen molar-refractivity contribution in [2.75, 3.05) is 24.1 Å².